The van der Waals surface area contributed by atoms with Crippen molar-refractivity contribution < 1.29 is 4.79 Å². The third kappa shape index (κ3) is 2.53. The minimum atomic E-state index is 0.683. The summed E-state index contributed by atoms with van der Waals surface area (Å²) in [5.74, 6) is 0. The maximum absolute atomic E-state index is 10.8. The molecule has 0 unspecified atom stereocenters. The van der Waals surface area contributed by atoms with Gasteiger partial charge >= 0.3 is 0 Å². The van der Waals surface area contributed by atoms with Gasteiger partial charge < -0.3 is 4.90 Å². The largest absolute Gasteiger partial charge is 0.347 e. The molecule has 4 nitrogen and oxygen atoms in total. The normalized spacial score (nSPS) is 10.7. The number of carbonyl (C=O) groups excluding carboxylic acids is 1. The standard InChI is InChI=1S/C15H13N3OS/c1-18(9-12-3-2-6-16-8-12)15-17-13-5-4-11(10-19)7-14(13)20-15/h2-8,10H,9H2,1H3. The van der Waals surface area contributed by atoms with Crippen LogP contribution in [0.4, 0.5) is 5.13 Å². The lowest BCUT2D eigenvalue weighted by atomic mass is 10.2. The number of aromatic nitrogens is 2. The number of benzene rings is 1. The highest BCUT2D eigenvalue weighted by atomic mass is 32.1. The van der Waals surface area contributed by atoms with Gasteiger partial charge in [-0.15, -0.1) is 0 Å². The molecule has 3 rings (SSSR count). The maximum atomic E-state index is 10.8. The van der Waals surface area contributed by atoms with Crippen LogP contribution in [0.2, 0.25) is 0 Å². The van der Waals surface area contributed by atoms with Gasteiger partial charge in [-0.3, -0.25) is 9.78 Å². The Morgan fingerprint density at radius 1 is 1.35 bits per heavy atom. The molecular weight excluding hydrogens is 270 g/mol. The van der Waals surface area contributed by atoms with Crippen molar-refractivity contribution in [3.8, 4) is 0 Å². The Labute approximate surface area is 120 Å². The Morgan fingerprint density at radius 3 is 3.00 bits per heavy atom. The summed E-state index contributed by atoms with van der Waals surface area (Å²) >= 11 is 1.59. The molecule has 0 amide bonds. The van der Waals surface area contributed by atoms with E-state index in [4.69, 9.17) is 0 Å². The van der Waals surface area contributed by atoms with Crippen LogP contribution in [0.3, 0.4) is 0 Å². The second kappa shape index (κ2) is 5.38. The molecule has 0 fully saturated rings. The zero-order valence-electron chi connectivity index (χ0n) is 11.0. The van der Waals surface area contributed by atoms with E-state index in [1.165, 1.54) is 0 Å². The van der Waals surface area contributed by atoms with E-state index in [2.05, 4.69) is 14.9 Å². The number of thiazole rings is 1. The van der Waals surface area contributed by atoms with Crippen molar-refractivity contribution in [1.29, 1.82) is 0 Å². The fourth-order valence-corrected chi connectivity index (χ4v) is 2.97. The number of aldehydes is 1. The molecule has 1 aromatic carbocycles. The predicted molar refractivity (Wildman–Crippen MR) is 81.4 cm³/mol. The van der Waals surface area contributed by atoms with Gasteiger partial charge in [-0.2, -0.15) is 0 Å². The zero-order chi connectivity index (χ0) is 13.9. The van der Waals surface area contributed by atoms with Gasteiger partial charge in [0.25, 0.3) is 0 Å². The molecule has 0 N–H and O–H groups in total. The number of carbonyl (C=O) groups is 1. The van der Waals surface area contributed by atoms with E-state index in [0.717, 1.165) is 33.7 Å². The SMILES string of the molecule is CN(Cc1cccnc1)c1nc2ccc(C=O)cc2s1. The number of nitrogens with zero attached hydrogens (tertiary/aromatic N) is 3. The Kier molecular flexibility index (Phi) is 3.43. The minimum Gasteiger partial charge on any atom is -0.347 e. The average molecular weight is 283 g/mol. The summed E-state index contributed by atoms with van der Waals surface area (Å²) in [4.78, 5) is 21.6. The number of pyridine rings is 1. The van der Waals surface area contributed by atoms with Crippen molar-refractivity contribution in [2.24, 2.45) is 0 Å². The molecule has 0 saturated heterocycles. The lowest BCUT2D eigenvalue weighted by Crippen LogP contribution is -2.15. The Morgan fingerprint density at radius 2 is 2.25 bits per heavy atom. The molecule has 0 atom stereocenters. The van der Waals surface area contributed by atoms with Gasteiger partial charge in [0, 0.05) is 31.5 Å². The summed E-state index contributed by atoms with van der Waals surface area (Å²) < 4.78 is 1.03. The van der Waals surface area contributed by atoms with Crippen LogP contribution in [-0.4, -0.2) is 23.3 Å². The molecule has 20 heavy (non-hydrogen) atoms. The van der Waals surface area contributed by atoms with E-state index in [0.29, 0.717) is 5.56 Å². The molecule has 0 saturated carbocycles. The predicted octanol–water partition coefficient (Wildman–Crippen LogP) is 3.14. The van der Waals surface area contributed by atoms with E-state index in [-0.39, 0.29) is 0 Å². The molecule has 0 bridgehead atoms. The summed E-state index contributed by atoms with van der Waals surface area (Å²) in [6.45, 7) is 0.758. The second-order valence-corrected chi connectivity index (χ2v) is 5.57. The number of hydrogen-bond acceptors (Lipinski definition) is 5. The summed E-state index contributed by atoms with van der Waals surface area (Å²) in [5.41, 5.74) is 2.75. The first-order valence-electron chi connectivity index (χ1n) is 6.22. The third-order valence-corrected chi connectivity index (χ3v) is 4.14. The van der Waals surface area contributed by atoms with Crippen LogP contribution in [-0.2, 0) is 6.54 Å². The van der Waals surface area contributed by atoms with Crippen molar-refractivity contribution in [1.82, 2.24) is 9.97 Å². The van der Waals surface area contributed by atoms with Gasteiger partial charge in [-0.05, 0) is 29.8 Å². The van der Waals surface area contributed by atoms with Crippen LogP contribution < -0.4 is 4.90 Å². The molecule has 5 heteroatoms. The highest BCUT2D eigenvalue weighted by Crippen LogP contribution is 2.29. The Balaban J connectivity index is 1.88. The highest BCUT2D eigenvalue weighted by molar-refractivity contribution is 7.22. The van der Waals surface area contributed by atoms with Crippen molar-refractivity contribution >= 4 is 33.0 Å². The molecule has 0 aliphatic rings. The number of fused-ring (bicyclic) bond motifs is 1. The molecule has 0 spiro atoms. The van der Waals surface area contributed by atoms with Gasteiger partial charge in [0.2, 0.25) is 0 Å². The van der Waals surface area contributed by atoms with Gasteiger partial charge in [0.15, 0.2) is 5.13 Å². The molecule has 2 aromatic heterocycles. The quantitative estimate of drug-likeness (QED) is 0.690. The first-order chi connectivity index (χ1) is 9.76. The zero-order valence-corrected chi connectivity index (χ0v) is 11.8. The lowest BCUT2D eigenvalue weighted by molar-refractivity contribution is 0.112. The van der Waals surface area contributed by atoms with Gasteiger partial charge in [0.1, 0.15) is 6.29 Å². The van der Waals surface area contributed by atoms with E-state index >= 15 is 0 Å². The second-order valence-electron chi connectivity index (χ2n) is 4.56. The summed E-state index contributed by atoms with van der Waals surface area (Å²) in [6, 6.07) is 9.53. The van der Waals surface area contributed by atoms with Crippen molar-refractivity contribution in [2.75, 3.05) is 11.9 Å². The molecule has 2 heterocycles. The van der Waals surface area contributed by atoms with Gasteiger partial charge in [0.05, 0.1) is 10.2 Å². The fraction of sp³-hybridized carbons (Fsp3) is 0.133. The molecule has 100 valence electrons. The molecular formula is C15H13N3OS. The monoisotopic (exact) mass is 283 g/mol. The van der Waals surface area contributed by atoms with Crippen LogP contribution in [0.15, 0.2) is 42.7 Å². The van der Waals surface area contributed by atoms with Crippen LogP contribution in [0.25, 0.3) is 10.2 Å². The Hall–Kier alpha value is -2.27. The van der Waals surface area contributed by atoms with Crippen molar-refractivity contribution in [3.63, 3.8) is 0 Å². The topological polar surface area (TPSA) is 46.1 Å². The summed E-state index contributed by atoms with van der Waals surface area (Å²) in [5, 5.41) is 0.937. The first kappa shape index (κ1) is 12.7. The number of hydrogen-bond donors (Lipinski definition) is 0. The Bertz CT molecular complexity index is 739. The number of rotatable bonds is 4. The minimum absolute atomic E-state index is 0.683. The van der Waals surface area contributed by atoms with E-state index < -0.39 is 0 Å². The first-order valence-corrected chi connectivity index (χ1v) is 7.04. The third-order valence-electron chi connectivity index (χ3n) is 3.01. The van der Waals surface area contributed by atoms with Gasteiger partial charge in [-0.1, -0.05) is 17.4 Å². The van der Waals surface area contributed by atoms with Crippen molar-refractivity contribution in [2.45, 2.75) is 6.54 Å². The molecule has 0 aliphatic carbocycles. The summed E-state index contributed by atoms with van der Waals surface area (Å²) in [7, 11) is 2.01. The van der Waals surface area contributed by atoms with E-state index in [9.17, 15) is 4.79 Å². The van der Waals surface area contributed by atoms with Gasteiger partial charge in [-0.25, -0.2) is 4.98 Å². The van der Waals surface area contributed by atoms with Crippen LogP contribution in [0.1, 0.15) is 15.9 Å². The summed E-state index contributed by atoms with van der Waals surface area (Å²) in [6.07, 6.45) is 4.48. The lowest BCUT2D eigenvalue weighted by Gasteiger charge is -2.14. The molecule has 0 radical (unpaired) electrons. The van der Waals surface area contributed by atoms with Crippen LogP contribution in [0, 0.1) is 0 Å². The van der Waals surface area contributed by atoms with Crippen molar-refractivity contribution in [3.05, 3.63) is 53.9 Å². The smallest absolute Gasteiger partial charge is 0.186 e. The fourth-order valence-electron chi connectivity index (χ4n) is 2.00. The van der Waals surface area contributed by atoms with Crippen LogP contribution >= 0.6 is 11.3 Å². The average Bonchev–Trinajstić information content (AvgIpc) is 2.91. The highest BCUT2D eigenvalue weighted by Gasteiger charge is 2.09. The maximum Gasteiger partial charge on any atom is 0.186 e. The van der Waals surface area contributed by atoms with E-state index in [1.54, 1.807) is 23.6 Å². The van der Waals surface area contributed by atoms with Crippen LogP contribution in [0.5, 0.6) is 0 Å². The molecule has 0 aliphatic heterocycles. The molecule has 3 aromatic rings. The number of anilines is 1. The van der Waals surface area contributed by atoms with E-state index in [1.807, 2.05) is 37.5 Å².